The molecule has 0 unspecified atom stereocenters. The normalized spacial score (nSPS) is 15.2. The number of anilines is 3. The van der Waals surface area contributed by atoms with E-state index in [1.807, 2.05) is 0 Å². The standard InChI is InChI=1S/C21H25N3O4S/c1-3-19(24(29(2,27)28)18-8-5-4-6-9-18)21(26)22-16-11-13-17(14-12-16)23-15-7-10-20(23)25/h4-6,8-9,11-14,19H,3,7,10,15H2,1-2H3,(H,22,26)/t19-/m0/s1. The van der Waals surface area contributed by atoms with Gasteiger partial charge in [-0.1, -0.05) is 25.1 Å². The van der Waals surface area contributed by atoms with Crippen LogP contribution in [0.15, 0.2) is 54.6 Å². The molecule has 1 saturated heterocycles. The Bertz CT molecular complexity index is 975. The second-order valence-electron chi connectivity index (χ2n) is 7.00. The van der Waals surface area contributed by atoms with E-state index in [1.165, 1.54) is 0 Å². The van der Waals surface area contributed by atoms with Crippen molar-refractivity contribution >= 4 is 38.9 Å². The number of hydrogen-bond acceptors (Lipinski definition) is 4. The van der Waals surface area contributed by atoms with Gasteiger partial charge in [0.15, 0.2) is 0 Å². The minimum Gasteiger partial charge on any atom is -0.324 e. The van der Waals surface area contributed by atoms with E-state index in [4.69, 9.17) is 0 Å². The quantitative estimate of drug-likeness (QED) is 0.753. The molecule has 2 amide bonds. The number of benzene rings is 2. The van der Waals surface area contributed by atoms with Crippen molar-refractivity contribution in [1.82, 2.24) is 0 Å². The highest BCUT2D eigenvalue weighted by molar-refractivity contribution is 7.92. The Hall–Kier alpha value is -2.87. The van der Waals surface area contributed by atoms with Gasteiger partial charge in [-0.2, -0.15) is 0 Å². The van der Waals surface area contributed by atoms with Gasteiger partial charge in [0, 0.05) is 24.3 Å². The molecule has 3 rings (SSSR count). The summed E-state index contributed by atoms with van der Waals surface area (Å²) in [5.74, 6) is -0.314. The van der Waals surface area contributed by atoms with Crippen LogP contribution in [0.3, 0.4) is 0 Å². The van der Waals surface area contributed by atoms with E-state index in [0.717, 1.165) is 22.7 Å². The second kappa shape index (κ2) is 8.65. The largest absolute Gasteiger partial charge is 0.324 e. The highest BCUT2D eigenvalue weighted by atomic mass is 32.2. The molecular weight excluding hydrogens is 390 g/mol. The van der Waals surface area contributed by atoms with Crippen LogP contribution in [0.2, 0.25) is 0 Å². The molecule has 0 radical (unpaired) electrons. The van der Waals surface area contributed by atoms with E-state index in [9.17, 15) is 18.0 Å². The molecule has 0 aromatic heterocycles. The fraction of sp³-hybridized carbons (Fsp3) is 0.333. The van der Waals surface area contributed by atoms with E-state index in [2.05, 4.69) is 5.32 Å². The van der Waals surface area contributed by atoms with Crippen LogP contribution < -0.4 is 14.5 Å². The molecule has 8 heteroatoms. The topological polar surface area (TPSA) is 86.8 Å². The average Bonchev–Trinajstić information content (AvgIpc) is 3.12. The first-order valence-electron chi connectivity index (χ1n) is 9.57. The van der Waals surface area contributed by atoms with Gasteiger partial charge in [0.25, 0.3) is 0 Å². The van der Waals surface area contributed by atoms with Crippen LogP contribution in [-0.2, 0) is 19.6 Å². The number of sulfonamides is 1. The number of amides is 2. The molecule has 0 bridgehead atoms. The van der Waals surface area contributed by atoms with Gasteiger partial charge in [0.2, 0.25) is 21.8 Å². The maximum absolute atomic E-state index is 12.9. The number of para-hydroxylation sites is 1. The zero-order chi connectivity index (χ0) is 21.0. The number of nitrogens with zero attached hydrogens (tertiary/aromatic N) is 2. The van der Waals surface area contributed by atoms with Crippen molar-refractivity contribution in [3.05, 3.63) is 54.6 Å². The molecule has 1 heterocycles. The summed E-state index contributed by atoms with van der Waals surface area (Å²) in [6.45, 7) is 2.47. The minimum absolute atomic E-state index is 0.0967. The summed E-state index contributed by atoms with van der Waals surface area (Å²) < 4.78 is 26.0. The third-order valence-corrected chi connectivity index (χ3v) is 6.04. The highest BCUT2D eigenvalue weighted by Gasteiger charge is 2.31. The maximum atomic E-state index is 12.9. The number of rotatable bonds is 7. The molecule has 0 aliphatic carbocycles. The van der Waals surface area contributed by atoms with Gasteiger partial charge in [-0.05, 0) is 49.2 Å². The molecule has 1 N–H and O–H groups in total. The molecule has 0 saturated carbocycles. The summed E-state index contributed by atoms with van der Waals surface area (Å²) in [6, 6.07) is 14.7. The number of carbonyl (C=O) groups is 2. The summed E-state index contributed by atoms with van der Waals surface area (Å²) in [5, 5.41) is 2.80. The summed E-state index contributed by atoms with van der Waals surface area (Å²) >= 11 is 0. The van der Waals surface area contributed by atoms with Gasteiger partial charge in [-0.25, -0.2) is 8.42 Å². The van der Waals surface area contributed by atoms with Crippen LogP contribution in [0.1, 0.15) is 26.2 Å². The van der Waals surface area contributed by atoms with E-state index >= 15 is 0 Å². The lowest BCUT2D eigenvalue weighted by molar-refractivity contribution is -0.118. The van der Waals surface area contributed by atoms with Gasteiger partial charge >= 0.3 is 0 Å². The zero-order valence-corrected chi connectivity index (χ0v) is 17.4. The third kappa shape index (κ3) is 4.76. The van der Waals surface area contributed by atoms with Gasteiger partial charge in [-0.15, -0.1) is 0 Å². The van der Waals surface area contributed by atoms with Crippen LogP contribution in [0.25, 0.3) is 0 Å². The molecular formula is C21H25N3O4S. The number of carbonyl (C=O) groups excluding carboxylic acids is 2. The lowest BCUT2D eigenvalue weighted by Gasteiger charge is -2.30. The lowest BCUT2D eigenvalue weighted by atomic mass is 10.1. The SMILES string of the molecule is CC[C@@H](C(=O)Nc1ccc(N2CCCC2=O)cc1)N(c1ccccc1)S(C)(=O)=O. The average molecular weight is 416 g/mol. The van der Waals surface area contributed by atoms with Crippen molar-refractivity contribution in [2.24, 2.45) is 0 Å². The van der Waals surface area contributed by atoms with E-state index in [0.29, 0.717) is 30.8 Å². The van der Waals surface area contributed by atoms with Crippen molar-refractivity contribution in [1.29, 1.82) is 0 Å². The summed E-state index contributed by atoms with van der Waals surface area (Å²) in [5.41, 5.74) is 1.78. The Labute approximate surface area is 171 Å². The summed E-state index contributed by atoms with van der Waals surface area (Å²) in [4.78, 5) is 26.5. The van der Waals surface area contributed by atoms with Gasteiger partial charge in [0.1, 0.15) is 6.04 Å². The van der Waals surface area contributed by atoms with Crippen LogP contribution >= 0.6 is 0 Å². The Morgan fingerprint density at radius 2 is 1.79 bits per heavy atom. The first-order chi connectivity index (χ1) is 13.8. The van der Waals surface area contributed by atoms with Crippen LogP contribution in [0, 0.1) is 0 Å². The molecule has 2 aromatic rings. The summed E-state index contributed by atoms with van der Waals surface area (Å²) in [7, 11) is -3.66. The Balaban J connectivity index is 1.79. The third-order valence-electron chi connectivity index (χ3n) is 4.86. The molecule has 1 atom stereocenters. The maximum Gasteiger partial charge on any atom is 0.248 e. The molecule has 154 valence electrons. The Kier molecular flexibility index (Phi) is 6.22. The van der Waals surface area contributed by atoms with Crippen LogP contribution in [0.5, 0.6) is 0 Å². The Morgan fingerprint density at radius 1 is 1.14 bits per heavy atom. The van der Waals surface area contributed by atoms with Crippen molar-refractivity contribution in [2.75, 3.05) is 27.3 Å². The number of hydrogen-bond donors (Lipinski definition) is 1. The summed E-state index contributed by atoms with van der Waals surface area (Å²) in [6.07, 6.45) is 2.81. The molecule has 0 spiro atoms. The number of nitrogens with one attached hydrogen (secondary N) is 1. The smallest absolute Gasteiger partial charge is 0.248 e. The molecule has 1 aliphatic rings. The first kappa shape index (κ1) is 20.9. The molecule has 7 nitrogen and oxygen atoms in total. The van der Waals surface area contributed by atoms with Crippen LogP contribution in [0.4, 0.5) is 17.1 Å². The predicted octanol–water partition coefficient (Wildman–Crippen LogP) is 3.00. The van der Waals surface area contributed by atoms with Crippen molar-refractivity contribution < 1.29 is 18.0 Å². The van der Waals surface area contributed by atoms with Gasteiger partial charge < -0.3 is 10.2 Å². The van der Waals surface area contributed by atoms with Crippen LogP contribution in [-0.4, -0.2) is 39.1 Å². The second-order valence-corrected chi connectivity index (χ2v) is 8.86. The fourth-order valence-electron chi connectivity index (χ4n) is 3.51. The Morgan fingerprint density at radius 3 is 2.31 bits per heavy atom. The monoisotopic (exact) mass is 415 g/mol. The van der Waals surface area contributed by atoms with Crippen molar-refractivity contribution in [3.63, 3.8) is 0 Å². The molecule has 1 aliphatic heterocycles. The van der Waals surface area contributed by atoms with Crippen molar-refractivity contribution in [3.8, 4) is 0 Å². The van der Waals surface area contributed by atoms with Crippen molar-refractivity contribution in [2.45, 2.75) is 32.2 Å². The van der Waals surface area contributed by atoms with E-state index in [-0.39, 0.29) is 5.91 Å². The predicted molar refractivity (Wildman–Crippen MR) is 115 cm³/mol. The minimum atomic E-state index is -3.66. The first-order valence-corrected chi connectivity index (χ1v) is 11.4. The molecule has 2 aromatic carbocycles. The van der Waals surface area contributed by atoms with Gasteiger partial charge in [-0.3, -0.25) is 13.9 Å². The van der Waals surface area contributed by atoms with E-state index in [1.54, 1.807) is 66.4 Å². The molecule has 29 heavy (non-hydrogen) atoms. The highest BCUT2D eigenvalue weighted by Crippen LogP contribution is 2.25. The lowest BCUT2D eigenvalue weighted by Crippen LogP contribution is -2.46. The van der Waals surface area contributed by atoms with E-state index < -0.39 is 22.0 Å². The molecule has 1 fully saturated rings. The fourth-order valence-corrected chi connectivity index (χ4v) is 4.72. The zero-order valence-electron chi connectivity index (χ0n) is 16.5. The van der Waals surface area contributed by atoms with Gasteiger partial charge in [0.05, 0.1) is 11.9 Å².